The summed E-state index contributed by atoms with van der Waals surface area (Å²) in [7, 11) is 0. The van der Waals surface area contributed by atoms with Gasteiger partial charge in [0.25, 0.3) is 0 Å². The Morgan fingerprint density at radius 3 is 2.56 bits per heavy atom. The van der Waals surface area contributed by atoms with Gasteiger partial charge in [-0.05, 0) is 46.3 Å². The predicted molar refractivity (Wildman–Crippen MR) is 77.3 cm³/mol. The van der Waals surface area contributed by atoms with E-state index in [1.807, 2.05) is 10.8 Å². The summed E-state index contributed by atoms with van der Waals surface area (Å²) in [6.45, 7) is 6.33. The maximum absolute atomic E-state index is 13.2. The third-order valence-corrected chi connectivity index (χ3v) is 3.63. The molecule has 0 bridgehead atoms. The van der Waals surface area contributed by atoms with E-state index in [4.69, 9.17) is 12.2 Å². The van der Waals surface area contributed by atoms with Crippen molar-refractivity contribution in [1.82, 2.24) is 9.55 Å². The normalized spacial score (nSPS) is 11.8. The van der Waals surface area contributed by atoms with E-state index in [0.717, 1.165) is 11.4 Å². The largest absolute Gasteiger partial charge is 0.337 e. The van der Waals surface area contributed by atoms with Gasteiger partial charge in [-0.1, -0.05) is 20.8 Å². The highest BCUT2D eigenvalue weighted by atomic mass is 79.9. The van der Waals surface area contributed by atoms with Gasteiger partial charge in [0, 0.05) is 21.8 Å². The Morgan fingerprint density at radius 1 is 1.33 bits per heavy atom. The van der Waals surface area contributed by atoms with Gasteiger partial charge in [0.2, 0.25) is 0 Å². The van der Waals surface area contributed by atoms with E-state index in [0.29, 0.717) is 9.24 Å². The van der Waals surface area contributed by atoms with Crippen molar-refractivity contribution in [3.05, 3.63) is 45.2 Å². The third-order valence-electron chi connectivity index (χ3n) is 2.70. The second kappa shape index (κ2) is 4.63. The lowest BCUT2D eigenvalue weighted by Crippen LogP contribution is -2.17. The van der Waals surface area contributed by atoms with Crippen molar-refractivity contribution < 1.29 is 4.39 Å². The highest BCUT2D eigenvalue weighted by Crippen LogP contribution is 2.29. The van der Waals surface area contributed by atoms with Crippen LogP contribution in [-0.2, 0) is 5.41 Å². The lowest BCUT2D eigenvalue weighted by molar-refractivity contribution is 0.555. The van der Waals surface area contributed by atoms with Crippen molar-refractivity contribution in [2.75, 3.05) is 0 Å². The zero-order valence-electron chi connectivity index (χ0n) is 10.4. The van der Waals surface area contributed by atoms with Crippen LogP contribution in [0.5, 0.6) is 0 Å². The number of imidazole rings is 1. The summed E-state index contributed by atoms with van der Waals surface area (Å²) in [5.74, 6) is -0.273. The fourth-order valence-electron chi connectivity index (χ4n) is 1.82. The Kier molecular flexibility index (Phi) is 3.47. The van der Waals surface area contributed by atoms with E-state index >= 15 is 0 Å². The average Bonchev–Trinajstić information content (AvgIpc) is 2.60. The molecule has 0 fully saturated rings. The molecule has 0 saturated carbocycles. The number of halogens is 2. The van der Waals surface area contributed by atoms with Gasteiger partial charge >= 0.3 is 0 Å². The zero-order valence-corrected chi connectivity index (χ0v) is 12.8. The molecule has 0 aliphatic heterocycles. The number of hydrogen-bond acceptors (Lipinski definition) is 1. The SMILES string of the molecule is CC(C)(C)c1c[nH]c(=S)n1-c1ccc(F)cc1Br. The van der Waals surface area contributed by atoms with Gasteiger partial charge < -0.3 is 4.98 Å². The molecule has 2 aromatic rings. The Balaban J connectivity index is 2.71. The minimum Gasteiger partial charge on any atom is -0.337 e. The van der Waals surface area contributed by atoms with Gasteiger partial charge in [-0.3, -0.25) is 4.57 Å². The Labute approximate surface area is 119 Å². The molecular formula is C13H14BrFN2S. The molecule has 0 saturated heterocycles. The number of nitrogens with zero attached hydrogens (tertiary/aromatic N) is 1. The molecule has 0 spiro atoms. The summed E-state index contributed by atoms with van der Waals surface area (Å²) >= 11 is 8.69. The van der Waals surface area contributed by atoms with Crippen LogP contribution in [0.25, 0.3) is 5.69 Å². The molecule has 1 aromatic heterocycles. The van der Waals surface area contributed by atoms with Crippen molar-refractivity contribution in [1.29, 1.82) is 0 Å². The molecule has 0 aliphatic rings. The number of nitrogens with one attached hydrogen (secondary N) is 1. The molecular weight excluding hydrogens is 315 g/mol. The van der Waals surface area contributed by atoms with E-state index in [1.54, 1.807) is 6.07 Å². The number of rotatable bonds is 1. The summed E-state index contributed by atoms with van der Waals surface area (Å²) < 4.78 is 16.4. The fraction of sp³-hybridized carbons (Fsp3) is 0.308. The number of hydrogen-bond donors (Lipinski definition) is 1. The minimum absolute atomic E-state index is 0.0542. The Hall–Kier alpha value is -0.940. The van der Waals surface area contributed by atoms with E-state index in [9.17, 15) is 4.39 Å². The van der Waals surface area contributed by atoms with Gasteiger partial charge in [-0.25, -0.2) is 4.39 Å². The average molecular weight is 329 g/mol. The van der Waals surface area contributed by atoms with Crippen LogP contribution in [0.3, 0.4) is 0 Å². The maximum atomic E-state index is 13.2. The van der Waals surface area contributed by atoms with Crippen LogP contribution in [0.15, 0.2) is 28.9 Å². The first-order chi connectivity index (χ1) is 8.30. The second-order valence-electron chi connectivity index (χ2n) is 5.16. The summed E-state index contributed by atoms with van der Waals surface area (Å²) in [6, 6.07) is 4.59. The van der Waals surface area contributed by atoms with Crippen molar-refractivity contribution in [2.24, 2.45) is 0 Å². The van der Waals surface area contributed by atoms with Gasteiger partial charge in [0.05, 0.1) is 5.69 Å². The van der Waals surface area contributed by atoms with Crippen LogP contribution in [0.4, 0.5) is 4.39 Å². The lowest BCUT2D eigenvalue weighted by atomic mass is 9.92. The van der Waals surface area contributed by atoms with Crippen LogP contribution in [0.2, 0.25) is 0 Å². The van der Waals surface area contributed by atoms with Crippen molar-refractivity contribution in [3.63, 3.8) is 0 Å². The number of H-pyrrole nitrogens is 1. The number of aromatic amines is 1. The van der Waals surface area contributed by atoms with Gasteiger partial charge in [0.15, 0.2) is 4.77 Å². The maximum Gasteiger partial charge on any atom is 0.182 e. The summed E-state index contributed by atoms with van der Waals surface area (Å²) in [5, 5.41) is 0. The number of benzene rings is 1. The fourth-order valence-corrected chi connectivity index (χ4v) is 2.61. The summed E-state index contributed by atoms with van der Waals surface area (Å²) in [6.07, 6.45) is 1.90. The number of aromatic nitrogens is 2. The van der Waals surface area contributed by atoms with Crippen LogP contribution in [-0.4, -0.2) is 9.55 Å². The molecule has 96 valence electrons. The molecule has 0 atom stereocenters. The van der Waals surface area contributed by atoms with Gasteiger partial charge in [-0.15, -0.1) is 0 Å². The van der Waals surface area contributed by atoms with Crippen LogP contribution < -0.4 is 0 Å². The summed E-state index contributed by atoms with van der Waals surface area (Å²) in [4.78, 5) is 3.05. The van der Waals surface area contributed by atoms with E-state index in [-0.39, 0.29) is 11.2 Å². The van der Waals surface area contributed by atoms with Crippen LogP contribution in [0.1, 0.15) is 26.5 Å². The molecule has 0 amide bonds. The monoisotopic (exact) mass is 328 g/mol. The van der Waals surface area contributed by atoms with Crippen LogP contribution in [0, 0.1) is 10.6 Å². The van der Waals surface area contributed by atoms with E-state index in [2.05, 4.69) is 41.7 Å². The molecule has 2 rings (SSSR count). The Morgan fingerprint density at radius 2 is 2.00 bits per heavy atom. The second-order valence-corrected chi connectivity index (χ2v) is 6.40. The third kappa shape index (κ3) is 2.42. The van der Waals surface area contributed by atoms with Gasteiger partial charge in [-0.2, -0.15) is 0 Å². The molecule has 5 heteroatoms. The van der Waals surface area contributed by atoms with Crippen molar-refractivity contribution in [2.45, 2.75) is 26.2 Å². The first kappa shape index (κ1) is 13.5. The Bertz CT molecular complexity index is 637. The lowest BCUT2D eigenvalue weighted by Gasteiger charge is -2.21. The van der Waals surface area contributed by atoms with E-state index < -0.39 is 0 Å². The minimum atomic E-state index is -0.273. The van der Waals surface area contributed by atoms with E-state index in [1.165, 1.54) is 12.1 Å². The topological polar surface area (TPSA) is 20.7 Å². The quantitative estimate of drug-likeness (QED) is 0.750. The molecule has 1 N–H and O–H groups in total. The highest BCUT2D eigenvalue weighted by molar-refractivity contribution is 9.10. The standard InChI is InChI=1S/C13H14BrFN2S/c1-13(2,3)11-7-16-12(18)17(11)10-5-4-8(15)6-9(10)14/h4-7H,1-3H3,(H,16,18). The predicted octanol–water partition coefficient (Wildman–Crippen LogP) is 4.73. The van der Waals surface area contributed by atoms with Crippen LogP contribution >= 0.6 is 28.1 Å². The molecule has 1 heterocycles. The first-order valence-corrected chi connectivity index (χ1v) is 6.77. The van der Waals surface area contributed by atoms with Gasteiger partial charge in [0.1, 0.15) is 5.82 Å². The highest BCUT2D eigenvalue weighted by Gasteiger charge is 2.21. The molecule has 2 nitrogen and oxygen atoms in total. The molecule has 0 radical (unpaired) electrons. The first-order valence-electron chi connectivity index (χ1n) is 5.57. The van der Waals surface area contributed by atoms with Crippen molar-refractivity contribution in [3.8, 4) is 5.69 Å². The molecule has 18 heavy (non-hydrogen) atoms. The zero-order chi connectivity index (χ0) is 13.5. The molecule has 0 aliphatic carbocycles. The molecule has 0 unspecified atom stereocenters. The van der Waals surface area contributed by atoms with Crippen molar-refractivity contribution >= 4 is 28.1 Å². The summed E-state index contributed by atoms with van der Waals surface area (Å²) in [5.41, 5.74) is 1.84. The molecule has 1 aromatic carbocycles. The smallest absolute Gasteiger partial charge is 0.182 e.